The second-order valence-electron chi connectivity index (χ2n) is 6.30. The van der Waals surface area contributed by atoms with E-state index >= 15 is 0 Å². The van der Waals surface area contributed by atoms with Gasteiger partial charge in [-0.25, -0.2) is 14.9 Å². The predicted octanol–water partition coefficient (Wildman–Crippen LogP) is 3.97. The highest BCUT2D eigenvalue weighted by Gasteiger charge is 2.31. The number of amidine groups is 3. The van der Waals surface area contributed by atoms with Gasteiger partial charge in [0.1, 0.15) is 11.7 Å². The van der Waals surface area contributed by atoms with Crippen LogP contribution in [0.5, 0.6) is 0 Å². The Balaban J connectivity index is 1.68. The second-order valence-corrected chi connectivity index (χ2v) is 6.79. The minimum Gasteiger partial charge on any atom is -0.246 e. The van der Waals surface area contributed by atoms with Crippen LogP contribution in [0.2, 0.25) is 0 Å². The summed E-state index contributed by atoms with van der Waals surface area (Å²) in [4.78, 5) is 21.6. The third-order valence-corrected chi connectivity index (χ3v) is 4.92. The maximum atomic E-state index is 4.75. The molecule has 3 aliphatic heterocycles. The van der Waals surface area contributed by atoms with Gasteiger partial charge in [0.2, 0.25) is 5.96 Å². The average Bonchev–Trinajstić information content (AvgIpc) is 2.68. The Hall–Kier alpha value is -3.25. The van der Waals surface area contributed by atoms with Gasteiger partial charge in [0.15, 0.2) is 11.7 Å². The van der Waals surface area contributed by atoms with Crippen LogP contribution >= 0.6 is 12.6 Å². The van der Waals surface area contributed by atoms with Crippen molar-refractivity contribution >= 4 is 36.1 Å². The van der Waals surface area contributed by atoms with Crippen molar-refractivity contribution in [3.05, 3.63) is 89.3 Å². The summed E-state index contributed by atoms with van der Waals surface area (Å²) in [6, 6.07) is 15.9. The van der Waals surface area contributed by atoms with Crippen LogP contribution < -0.4 is 0 Å². The van der Waals surface area contributed by atoms with Crippen molar-refractivity contribution in [2.45, 2.75) is 11.8 Å². The van der Waals surface area contributed by atoms with E-state index in [1.165, 1.54) is 0 Å². The molecule has 0 bridgehead atoms. The topological polar surface area (TPSA) is 52.7 Å². The van der Waals surface area contributed by atoms with E-state index in [9.17, 15) is 0 Å². The van der Waals surface area contributed by atoms with Crippen molar-refractivity contribution in [2.24, 2.45) is 20.0 Å². The molecular formula is C21H15N5S. The van der Waals surface area contributed by atoms with E-state index in [1.54, 1.807) is 0 Å². The molecule has 0 spiro atoms. The van der Waals surface area contributed by atoms with Gasteiger partial charge in [0, 0.05) is 16.0 Å². The Morgan fingerprint density at radius 2 is 1.56 bits per heavy atom. The Bertz CT molecular complexity index is 1110. The van der Waals surface area contributed by atoms with Crippen LogP contribution in [0.3, 0.4) is 0 Å². The number of thiol groups is 1. The first-order valence-electron chi connectivity index (χ1n) is 8.58. The van der Waals surface area contributed by atoms with Gasteiger partial charge in [0.05, 0.1) is 0 Å². The van der Waals surface area contributed by atoms with Crippen molar-refractivity contribution in [1.29, 1.82) is 0 Å². The molecule has 0 radical (unpaired) electrons. The molecule has 5 nitrogen and oxygen atoms in total. The Labute approximate surface area is 162 Å². The lowest BCUT2D eigenvalue weighted by molar-refractivity contribution is 0.710. The standard InChI is InChI=1S/C21H15N5S/c1-13-7-2-3-8-14(13)19-22-17-11-6-12-18-23-20(25-21(24-19)26(17)18)15-9-4-5-10-16(15)27/h2-12,27H,1H3. The number of benzene rings is 2. The van der Waals surface area contributed by atoms with E-state index in [1.807, 2.05) is 65.6 Å². The summed E-state index contributed by atoms with van der Waals surface area (Å²) in [5.74, 6) is 3.34. The van der Waals surface area contributed by atoms with Gasteiger partial charge >= 0.3 is 0 Å². The SMILES string of the molecule is Cc1ccccc1C1=NC2=NC(c3ccccc3S)=NC3=CC=CC(=N1)N32. The molecule has 0 aliphatic carbocycles. The molecule has 5 rings (SSSR count). The zero-order chi connectivity index (χ0) is 18.4. The summed E-state index contributed by atoms with van der Waals surface area (Å²) in [6.45, 7) is 2.05. The molecule has 27 heavy (non-hydrogen) atoms. The van der Waals surface area contributed by atoms with Crippen LogP contribution in [-0.4, -0.2) is 28.4 Å². The van der Waals surface area contributed by atoms with Crippen LogP contribution in [0, 0.1) is 6.92 Å². The highest BCUT2D eigenvalue weighted by atomic mass is 32.1. The lowest BCUT2D eigenvalue weighted by Gasteiger charge is -2.31. The molecule has 0 saturated carbocycles. The lowest BCUT2D eigenvalue weighted by Crippen LogP contribution is -2.41. The number of aryl methyl sites for hydroxylation is 1. The molecular weight excluding hydrogens is 354 g/mol. The molecule has 0 aromatic heterocycles. The predicted molar refractivity (Wildman–Crippen MR) is 112 cm³/mol. The fourth-order valence-electron chi connectivity index (χ4n) is 3.17. The van der Waals surface area contributed by atoms with Crippen molar-refractivity contribution < 1.29 is 0 Å². The number of guanidine groups is 1. The molecule has 2 aromatic rings. The highest BCUT2D eigenvalue weighted by Crippen LogP contribution is 2.27. The van der Waals surface area contributed by atoms with Gasteiger partial charge in [-0.3, -0.25) is 0 Å². The molecule has 0 atom stereocenters. The van der Waals surface area contributed by atoms with Gasteiger partial charge in [-0.1, -0.05) is 48.5 Å². The van der Waals surface area contributed by atoms with Crippen LogP contribution in [0.4, 0.5) is 0 Å². The van der Waals surface area contributed by atoms with Crippen LogP contribution in [0.25, 0.3) is 0 Å². The maximum absolute atomic E-state index is 4.75. The van der Waals surface area contributed by atoms with Gasteiger partial charge in [-0.15, -0.1) is 12.6 Å². The summed E-state index contributed by atoms with van der Waals surface area (Å²) in [5.41, 5.74) is 2.99. The third-order valence-electron chi connectivity index (χ3n) is 4.53. The maximum Gasteiger partial charge on any atom is 0.241 e. The normalized spacial score (nSPS) is 17.4. The van der Waals surface area contributed by atoms with Crippen molar-refractivity contribution in [3.8, 4) is 0 Å². The van der Waals surface area contributed by atoms with E-state index in [4.69, 9.17) is 20.0 Å². The molecule has 0 amide bonds. The molecule has 130 valence electrons. The number of hydrogen-bond donors (Lipinski definition) is 1. The molecule has 0 N–H and O–H groups in total. The Kier molecular flexibility index (Phi) is 3.65. The minimum atomic E-state index is 0.565. The fourth-order valence-corrected chi connectivity index (χ4v) is 3.44. The van der Waals surface area contributed by atoms with Crippen molar-refractivity contribution in [3.63, 3.8) is 0 Å². The van der Waals surface area contributed by atoms with E-state index in [0.717, 1.165) is 33.2 Å². The second kappa shape index (κ2) is 6.17. The van der Waals surface area contributed by atoms with Crippen LogP contribution in [0.15, 0.2) is 97.4 Å². The largest absolute Gasteiger partial charge is 0.246 e. The number of aliphatic imine (C=N–C) groups is 4. The zero-order valence-electron chi connectivity index (χ0n) is 14.5. The smallest absolute Gasteiger partial charge is 0.241 e. The van der Waals surface area contributed by atoms with E-state index in [-0.39, 0.29) is 0 Å². The first kappa shape index (κ1) is 16.0. The first-order valence-corrected chi connectivity index (χ1v) is 9.03. The molecule has 3 heterocycles. The third kappa shape index (κ3) is 2.65. The van der Waals surface area contributed by atoms with Crippen LogP contribution in [0.1, 0.15) is 16.7 Å². The van der Waals surface area contributed by atoms with Gasteiger partial charge in [0.25, 0.3) is 0 Å². The Morgan fingerprint density at radius 3 is 2.37 bits per heavy atom. The van der Waals surface area contributed by atoms with Gasteiger partial charge in [-0.2, -0.15) is 9.98 Å². The molecule has 0 fully saturated rings. The number of allylic oxidation sites excluding steroid dienone is 2. The molecule has 0 unspecified atom stereocenters. The van der Waals surface area contributed by atoms with Crippen molar-refractivity contribution in [2.75, 3.05) is 0 Å². The number of nitrogens with zero attached hydrogens (tertiary/aromatic N) is 5. The summed E-state index contributed by atoms with van der Waals surface area (Å²) >= 11 is 4.55. The summed E-state index contributed by atoms with van der Waals surface area (Å²) in [5, 5.41) is 0. The number of hydrogen-bond acceptors (Lipinski definition) is 6. The molecule has 2 aromatic carbocycles. The summed E-state index contributed by atoms with van der Waals surface area (Å²) < 4.78 is 0. The monoisotopic (exact) mass is 369 g/mol. The molecule has 3 aliphatic rings. The van der Waals surface area contributed by atoms with E-state index < -0.39 is 0 Å². The minimum absolute atomic E-state index is 0.565. The van der Waals surface area contributed by atoms with Crippen LogP contribution in [-0.2, 0) is 0 Å². The summed E-state index contributed by atoms with van der Waals surface area (Å²) in [6.07, 6.45) is 5.82. The van der Waals surface area contributed by atoms with Gasteiger partial charge < -0.3 is 0 Å². The van der Waals surface area contributed by atoms with Gasteiger partial charge in [-0.05, 0) is 30.7 Å². The van der Waals surface area contributed by atoms with Crippen molar-refractivity contribution in [1.82, 2.24) is 4.90 Å². The average molecular weight is 369 g/mol. The number of rotatable bonds is 2. The first-order chi connectivity index (χ1) is 13.2. The quantitative estimate of drug-likeness (QED) is 0.800. The molecule has 0 saturated heterocycles. The summed E-state index contributed by atoms with van der Waals surface area (Å²) in [7, 11) is 0. The van der Waals surface area contributed by atoms with E-state index in [0.29, 0.717) is 17.6 Å². The Morgan fingerprint density at radius 1 is 0.815 bits per heavy atom. The molecule has 6 heteroatoms. The zero-order valence-corrected chi connectivity index (χ0v) is 15.4. The highest BCUT2D eigenvalue weighted by molar-refractivity contribution is 7.80. The fraction of sp³-hybridized carbons (Fsp3) is 0.0476. The lowest BCUT2D eigenvalue weighted by atomic mass is 10.1. The van der Waals surface area contributed by atoms with E-state index in [2.05, 4.69) is 25.6 Å².